The van der Waals surface area contributed by atoms with E-state index in [0.717, 1.165) is 6.54 Å². The highest BCUT2D eigenvalue weighted by atomic mass is 16.4. The predicted molar refractivity (Wildman–Crippen MR) is 71.5 cm³/mol. The molecule has 1 aromatic carbocycles. The molecule has 0 aliphatic carbocycles. The average Bonchev–Trinajstić information content (AvgIpc) is 2.70. The summed E-state index contributed by atoms with van der Waals surface area (Å²) in [6.45, 7) is 7.80. The zero-order chi connectivity index (χ0) is 13.3. The summed E-state index contributed by atoms with van der Waals surface area (Å²) in [4.78, 5) is 13.4. The predicted octanol–water partition coefficient (Wildman–Crippen LogP) is 2.71. The number of carbonyl (C=O) groups is 1. The van der Waals surface area contributed by atoms with Crippen LogP contribution in [0.2, 0.25) is 0 Å². The van der Waals surface area contributed by atoms with Crippen molar-refractivity contribution in [2.45, 2.75) is 26.8 Å². The Balaban J connectivity index is 2.11. The van der Waals surface area contributed by atoms with E-state index < -0.39 is 5.97 Å². The van der Waals surface area contributed by atoms with Crippen molar-refractivity contribution in [1.82, 2.24) is 4.90 Å². The van der Waals surface area contributed by atoms with Gasteiger partial charge >= 0.3 is 5.97 Å². The molecule has 98 valence electrons. The molecule has 3 atom stereocenters. The third kappa shape index (κ3) is 2.56. The molecular weight excluding hydrogens is 226 g/mol. The lowest BCUT2D eigenvalue weighted by molar-refractivity contribution is -0.142. The van der Waals surface area contributed by atoms with Gasteiger partial charge in [-0.2, -0.15) is 0 Å². The zero-order valence-electron chi connectivity index (χ0n) is 11.3. The van der Waals surface area contributed by atoms with Gasteiger partial charge in [0, 0.05) is 19.1 Å². The Hall–Kier alpha value is -1.35. The van der Waals surface area contributed by atoms with Crippen LogP contribution in [0.1, 0.15) is 31.0 Å². The number of aliphatic carboxylic acids is 1. The van der Waals surface area contributed by atoms with Gasteiger partial charge in [0.1, 0.15) is 0 Å². The van der Waals surface area contributed by atoms with E-state index in [0.29, 0.717) is 6.54 Å². The summed E-state index contributed by atoms with van der Waals surface area (Å²) in [6, 6.07) is 8.75. The van der Waals surface area contributed by atoms with Crippen molar-refractivity contribution >= 4 is 5.97 Å². The lowest BCUT2D eigenvalue weighted by atomic mass is 9.99. The van der Waals surface area contributed by atoms with Crippen molar-refractivity contribution in [3.05, 3.63) is 35.4 Å². The summed E-state index contributed by atoms with van der Waals surface area (Å²) in [5, 5.41) is 9.17. The first-order valence-corrected chi connectivity index (χ1v) is 6.52. The van der Waals surface area contributed by atoms with Gasteiger partial charge in [-0.05, 0) is 25.3 Å². The molecule has 1 saturated heterocycles. The first kappa shape index (κ1) is 13.1. The monoisotopic (exact) mass is 247 g/mol. The third-order valence-electron chi connectivity index (χ3n) is 4.03. The largest absolute Gasteiger partial charge is 0.481 e. The van der Waals surface area contributed by atoms with Crippen LogP contribution >= 0.6 is 0 Å². The first-order valence-electron chi connectivity index (χ1n) is 6.52. The van der Waals surface area contributed by atoms with Crippen molar-refractivity contribution in [3.63, 3.8) is 0 Å². The second-order valence-electron chi connectivity index (χ2n) is 5.47. The minimum absolute atomic E-state index is 0.225. The lowest BCUT2D eigenvalue weighted by Gasteiger charge is -2.24. The molecule has 0 bridgehead atoms. The Labute approximate surface area is 108 Å². The number of rotatable bonds is 3. The van der Waals surface area contributed by atoms with Crippen molar-refractivity contribution in [2.24, 2.45) is 11.8 Å². The topological polar surface area (TPSA) is 40.5 Å². The molecule has 18 heavy (non-hydrogen) atoms. The highest BCUT2D eigenvalue weighted by Crippen LogP contribution is 2.31. The normalized spacial score (nSPS) is 26.2. The van der Waals surface area contributed by atoms with Crippen LogP contribution in [0.3, 0.4) is 0 Å². The first-order chi connectivity index (χ1) is 8.49. The molecule has 0 aromatic heterocycles. The fourth-order valence-electron chi connectivity index (χ4n) is 2.78. The van der Waals surface area contributed by atoms with Crippen molar-refractivity contribution in [1.29, 1.82) is 0 Å². The van der Waals surface area contributed by atoms with Gasteiger partial charge in [0.05, 0.1) is 5.92 Å². The van der Waals surface area contributed by atoms with Crippen LogP contribution in [-0.2, 0) is 4.79 Å². The van der Waals surface area contributed by atoms with Crippen LogP contribution in [0, 0.1) is 18.8 Å². The van der Waals surface area contributed by atoms with Crippen LogP contribution in [0.15, 0.2) is 24.3 Å². The third-order valence-corrected chi connectivity index (χ3v) is 4.03. The average molecular weight is 247 g/mol. The molecule has 1 fully saturated rings. The van der Waals surface area contributed by atoms with Gasteiger partial charge in [-0.15, -0.1) is 0 Å². The fourth-order valence-corrected chi connectivity index (χ4v) is 2.78. The molecule has 1 aromatic rings. The van der Waals surface area contributed by atoms with Crippen molar-refractivity contribution < 1.29 is 9.90 Å². The van der Waals surface area contributed by atoms with E-state index in [9.17, 15) is 9.90 Å². The standard InChI is InChI=1S/C15H21NO2/c1-10-5-4-6-13(7-10)12(3)16-8-11(2)14(9-16)15(17)18/h4-7,11-12,14H,8-9H2,1-3H3,(H,17,18)/t11-,12?,14-/m1/s1. The van der Waals surface area contributed by atoms with Crippen LogP contribution < -0.4 is 0 Å². The van der Waals surface area contributed by atoms with E-state index in [-0.39, 0.29) is 17.9 Å². The Bertz CT molecular complexity index is 444. The lowest BCUT2D eigenvalue weighted by Crippen LogP contribution is -2.26. The fraction of sp³-hybridized carbons (Fsp3) is 0.533. The quantitative estimate of drug-likeness (QED) is 0.892. The molecule has 0 spiro atoms. The second kappa shape index (κ2) is 5.11. The Morgan fingerprint density at radius 2 is 2.17 bits per heavy atom. The molecule has 1 aliphatic heterocycles. The van der Waals surface area contributed by atoms with Gasteiger partial charge in [0.15, 0.2) is 0 Å². The van der Waals surface area contributed by atoms with Crippen molar-refractivity contribution in [3.8, 4) is 0 Å². The van der Waals surface area contributed by atoms with Gasteiger partial charge in [-0.3, -0.25) is 9.69 Å². The minimum Gasteiger partial charge on any atom is -0.481 e. The molecule has 3 heteroatoms. The van der Waals surface area contributed by atoms with Crippen LogP contribution in [-0.4, -0.2) is 29.1 Å². The molecule has 1 heterocycles. The summed E-state index contributed by atoms with van der Waals surface area (Å²) in [7, 11) is 0. The molecular formula is C15H21NO2. The Morgan fingerprint density at radius 3 is 2.72 bits per heavy atom. The molecule has 2 rings (SSSR count). The maximum Gasteiger partial charge on any atom is 0.308 e. The summed E-state index contributed by atoms with van der Waals surface area (Å²) in [5.41, 5.74) is 2.52. The number of aryl methyl sites for hydroxylation is 1. The maximum absolute atomic E-state index is 11.1. The second-order valence-corrected chi connectivity index (χ2v) is 5.47. The molecule has 1 aliphatic rings. The number of benzene rings is 1. The molecule has 0 amide bonds. The molecule has 0 saturated carbocycles. The van der Waals surface area contributed by atoms with E-state index >= 15 is 0 Å². The van der Waals surface area contributed by atoms with E-state index in [1.165, 1.54) is 11.1 Å². The number of likely N-dealkylation sites (tertiary alicyclic amines) is 1. The van der Waals surface area contributed by atoms with Gasteiger partial charge in [-0.25, -0.2) is 0 Å². The summed E-state index contributed by atoms with van der Waals surface area (Å²) >= 11 is 0. The SMILES string of the molecule is Cc1cccc(C(C)N2C[C@@H](C)[C@H](C(=O)O)C2)c1. The molecule has 1 unspecified atom stereocenters. The van der Waals surface area contributed by atoms with Crippen LogP contribution in [0.4, 0.5) is 0 Å². The summed E-state index contributed by atoms with van der Waals surface area (Å²) in [6.07, 6.45) is 0. The van der Waals surface area contributed by atoms with Gasteiger partial charge in [-0.1, -0.05) is 36.8 Å². The van der Waals surface area contributed by atoms with Crippen LogP contribution in [0.25, 0.3) is 0 Å². The number of nitrogens with zero attached hydrogens (tertiary/aromatic N) is 1. The summed E-state index contributed by atoms with van der Waals surface area (Å²) in [5.74, 6) is -0.659. The molecule has 3 nitrogen and oxygen atoms in total. The van der Waals surface area contributed by atoms with Gasteiger partial charge in [0.25, 0.3) is 0 Å². The Morgan fingerprint density at radius 1 is 1.44 bits per heavy atom. The number of hydrogen-bond donors (Lipinski definition) is 1. The van der Waals surface area contributed by atoms with Gasteiger partial charge in [0.2, 0.25) is 0 Å². The number of hydrogen-bond acceptors (Lipinski definition) is 2. The maximum atomic E-state index is 11.1. The number of carboxylic acid groups (broad SMARTS) is 1. The summed E-state index contributed by atoms with van der Waals surface area (Å²) < 4.78 is 0. The van der Waals surface area contributed by atoms with Crippen LogP contribution in [0.5, 0.6) is 0 Å². The van der Waals surface area contributed by atoms with E-state index in [1.54, 1.807) is 0 Å². The smallest absolute Gasteiger partial charge is 0.308 e. The van der Waals surface area contributed by atoms with Crippen molar-refractivity contribution in [2.75, 3.05) is 13.1 Å². The highest BCUT2D eigenvalue weighted by Gasteiger charge is 2.36. The van der Waals surface area contributed by atoms with E-state index in [4.69, 9.17) is 0 Å². The zero-order valence-corrected chi connectivity index (χ0v) is 11.3. The van der Waals surface area contributed by atoms with E-state index in [1.807, 2.05) is 6.92 Å². The highest BCUT2D eigenvalue weighted by molar-refractivity contribution is 5.71. The minimum atomic E-state index is -0.665. The number of carboxylic acids is 1. The van der Waals surface area contributed by atoms with Gasteiger partial charge < -0.3 is 5.11 Å². The molecule has 0 radical (unpaired) electrons. The Kier molecular flexibility index (Phi) is 3.71. The molecule has 1 N–H and O–H groups in total. The van der Waals surface area contributed by atoms with E-state index in [2.05, 4.69) is 43.0 Å².